The minimum atomic E-state index is -0.00944. The summed E-state index contributed by atoms with van der Waals surface area (Å²) in [5, 5.41) is 0.910. The van der Waals surface area contributed by atoms with Crippen molar-refractivity contribution in [2.24, 2.45) is 0 Å². The van der Waals surface area contributed by atoms with E-state index < -0.39 is 0 Å². The Hall–Kier alpha value is -1.79. The SMILES string of the molecule is Cc1nc(C)c(C(=O)N(C[C@@H]2CCCO2)c2ccncc2)s1. The lowest BCUT2D eigenvalue weighted by molar-refractivity contribution is 0.0920. The van der Waals surface area contributed by atoms with Crippen LogP contribution in [0.3, 0.4) is 0 Å². The van der Waals surface area contributed by atoms with Crippen molar-refractivity contribution in [1.82, 2.24) is 9.97 Å². The van der Waals surface area contributed by atoms with Crippen LogP contribution >= 0.6 is 11.3 Å². The van der Waals surface area contributed by atoms with Crippen LogP contribution in [0.4, 0.5) is 5.69 Å². The number of pyridine rings is 1. The fraction of sp³-hybridized carbons (Fsp3) is 0.438. The van der Waals surface area contributed by atoms with Gasteiger partial charge in [-0.1, -0.05) is 0 Å². The highest BCUT2D eigenvalue weighted by atomic mass is 32.1. The van der Waals surface area contributed by atoms with E-state index in [-0.39, 0.29) is 12.0 Å². The molecule has 1 fully saturated rings. The lowest BCUT2D eigenvalue weighted by Crippen LogP contribution is -2.37. The molecule has 0 aliphatic carbocycles. The number of amides is 1. The van der Waals surface area contributed by atoms with Crippen molar-refractivity contribution in [3.05, 3.63) is 40.1 Å². The van der Waals surface area contributed by atoms with Crippen molar-refractivity contribution < 1.29 is 9.53 Å². The van der Waals surface area contributed by atoms with Crippen molar-refractivity contribution in [1.29, 1.82) is 0 Å². The van der Waals surface area contributed by atoms with Crippen LogP contribution < -0.4 is 4.90 Å². The number of nitrogens with zero attached hydrogens (tertiary/aromatic N) is 3. The van der Waals surface area contributed by atoms with E-state index in [0.29, 0.717) is 11.4 Å². The van der Waals surface area contributed by atoms with Crippen LogP contribution in [-0.2, 0) is 4.74 Å². The molecule has 0 saturated carbocycles. The predicted octanol–water partition coefficient (Wildman–Crippen LogP) is 2.98. The molecule has 1 atom stereocenters. The number of thiazole rings is 1. The highest BCUT2D eigenvalue weighted by Crippen LogP contribution is 2.25. The largest absolute Gasteiger partial charge is 0.376 e. The van der Waals surface area contributed by atoms with E-state index in [0.717, 1.165) is 35.8 Å². The van der Waals surface area contributed by atoms with Crippen LogP contribution in [0.2, 0.25) is 0 Å². The Morgan fingerprint density at radius 2 is 2.18 bits per heavy atom. The second kappa shape index (κ2) is 6.54. The Balaban J connectivity index is 1.90. The quantitative estimate of drug-likeness (QED) is 0.870. The number of rotatable bonds is 4. The Morgan fingerprint density at radius 3 is 2.77 bits per heavy atom. The normalized spacial score (nSPS) is 17.6. The van der Waals surface area contributed by atoms with Crippen molar-refractivity contribution in [2.75, 3.05) is 18.1 Å². The molecule has 0 aromatic carbocycles. The van der Waals surface area contributed by atoms with E-state index in [1.165, 1.54) is 11.3 Å². The highest BCUT2D eigenvalue weighted by molar-refractivity contribution is 7.13. The number of aromatic nitrogens is 2. The van der Waals surface area contributed by atoms with E-state index in [9.17, 15) is 4.79 Å². The predicted molar refractivity (Wildman–Crippen MR) is 86.5 cm³/mol. The number of anilines is 1. The molecule has 3 rings (SSSR count). The van der Waals surface area contributed by atoms with Gasteiger partial charge in [0.2, 0.25) is 0 Å². The first-order valence-electron chi connectivity index (χ1n) is 7.42. The molecule has 1 aliphatic heterocycles. The van der Waals surface area contributed by atoms with E-state index in [1.807, 2.05) is 26.0 Å². The van der Waals surface area contributed by atoms with Crippen molar-refractivity contribution in [3.63, 3.8) is 0 Å². The molecule has 0 spiro atoms. The molecule has 2 aromatic rings. The molecule has 116 valence electrons. The van der Waals surface area contributed by atoms with E-state index in [2.05, 4.69) is 9.97 Å². The zero-order valence-corrected chi connectivity index (χ0v) is 13.6. The Kier molecular flexibility index (Phi) is 4.49. The molecule has 0 unspecified atom stereocenters. The summed E-state index contributed by atoms with van der Waals surface area (Å²) in [7, 11) is 0. The summed E-state index contributed by atoms with van der Waals surface area (Å²) in [5.41, 5.74) is 1.64. The molecule has 0 N–H and O–H groups in total. The minimum absolute atomic E-state index is 0.00944. The van der Waals surface area contributed by atoms with Crippen LogP contribution in [0, 0.1) is 13.8 Å². The third-order valence-corrected chi connectivity index (χ3v) is 4.79. The molecule has 3 heterocycles. The number of hydrogen-bond acceptors (Lipinski definition) is 5. The average Bonchev–Trinajstić information content (AvgIpc) is 3.14. The lowest BCUT2D eigenvalue weighted by Gasteiger charge is -2.25. The molecule has 22 heavy (non-hydrogen) atoms. The van der Waals surface area contributed by atoms with E-state index in [1.54, 1.807) is 17.3 Å². The van der Waals surface area contributed by atoms with Gasteiger partial charge in [0.25, 0.3) is 5.91 Å². The highest BCUT2D eigenvalue weighted by Gasteiger charge is 2.27. The van der Waals surface area contributed by atoms with Gasteiger partial charge in [0, 0.05) is 24.7 Å². The molecule has 0 radical (unpaired) electrons. The summed E-state index contributed by atoms with van der Waals surface area (Å²) in [6.07, 6.45) is 5.56. The molecule has 1 amide bonds. The van der Waals surface area contributed by atoms with Crippen molar-refractivity contribution in [3.8, 4) is 0 Å². The summed E-state index contributed by atoms with van der Waals surface area (Å²) >= 11 is 1.44. The van der Waals surface area contributed by atoms with Crippen LogP contribution in [0.25, 0.3) is 0 Å². The first-order valence-corrected chi connectivity index (χ1v) is 8.24. The monoisotopic (exact) mass is 317 g/mol. The zero-order valence-electron chi connectivity index (χ0n) is 12.8. The van der Waals surface area contributed by atoms with Gasteiger partial charge < -0.3 is 9.64 Å². The Morgan fingerprint density at radius 1 is 1.41 bits per heavy atom. The van der Waals surface area contributed by atoms with Gasteiger partial charge in [-0.05, 0) is 38.8 Å². The lowest BCUT2D eigenvalue weighted by atomic mass is 10.2. The summed E-state index contributed by atoms with van der Waals surface area (Å²) in [6, 6.07) is 3.71. The van der Waals surface area contributed by atoms with Gasteiger partial charge in [0.05, 0.1) is 23.4 Å². The number of aryl methyl sites for hydroxylation is 2. The summed E-state index contributed by atoms with van der Waals surface area (Å²) in [5.74, 6) is -0.00944. The Labute approximate surface area is 134 Å². The van der Waals surface area contributed by atoms with Crippen LogP contribution in [0.15, 0.2) is 24.5 Å². The molecule has 1 aliphatic rings. The number of ether oxygens (including phenoxy) is 1. The average molecular weight is 317 g/mol. The topological polar surface area (TPSA) is 55.3 Å². The van der Waals surface area contributed by atoms with E-state index >= 15 is 0 Å². The van der Waals surface area contributed by atoms with Gasteiger partial charge >= 0.3 is 0 Å². The number of carbonyl (C=O) groups excluding carboxylic acids is 1. The van der Waals surface area contributed by atoms with Crippen LogP contribution in [-0.4, -0.2) is 35.1 Å². The van der Waals surface area contributed by atoms with Gasteiger partial charge in [-0.15, -0.1) is 11.3 Å². The molecule has 5 nitrogen and oxygen atoms in total. The molecule has 2 aromatic heterocycles. The smallest absolute Gasteiger partial charge is 0.270 e. The van der Waals surface area contributed by atoms with Crippen molar-refractivity contribution in [2.45, 2.75) is 32.8 Å². The molecule has 6 heteroatoms. The molecule has 1 saturated heterocycles. The van der Waals surface area contributed by atoms with Gasteiger partial charge in [-0.2, -0.15) is 0 Å². The van der Waals surface area contributed by atoms with Crippen LogP contribution in [0.5, 0.6) is 0 Å². The maximum Gasteiger partial charge on any atom is 0.270 e. The molecular formula is C16H19N3O2S. The molecular weight excluding hydrogens is 298 g/mol. The summed E-state index contributed by atoms with van der Waals surface area (Å²) in [6.45, 7) is 5.15. The third-order valence-electron chi connectivity index (χ3n) is 3.73. The van der Waals surface area contributed by atoms with Gasteiger partial charge in [-0.25, -0.2) is 4.98 Å². The fourth-order valence-electron chi connectivity index (χ4n) is 2.67. The standard InChI is InChI=1S/C16H19N3O2S/c1-11-15(22-12(2)18-11)16(20)19(10-14-4-3-9-21-14)13-5-7-17-8-6-13/h5-8,14H,3-4,9-10H2,1-2H3/t14-/m0/s1. The minimum Gasteiger partial charge on any atom is -0.376 e. The van der Waals surface area contributed by atoms with Crippen molar-refractivity contribution >= 4 is 22.9 Å². The van der Waals surface area contributed by atoms with Gasteiger partial charge in [-0.3, -0.25) is 9.78 Å². The Bertz CT molecular complexity index is 651. The number of carbonyl (C=O) groups is 1. The van der Waals surface area contributed by atoms with Crippen LogP contribution in [0.1, 0.15) is 33.2 Å². The number of hydrogen-bond donors (Lipinski definition) is 0. The second-order valence-electron chi connectivity index (χ2n) is 5.40. The summed E-state index contributed by atoms with van der Waals surface area (Å²) in [4.78, 5) is 23.9. The van der Waals surface area contributed by atoms with E-state index in [4.69, 9.17) is 4.74 Å². The first kappa shape index (κ1) is 15.1. The zero-order chi connectivity index (χ0) is 15.5. The maximum atomic E-state index is 13.0. The summed E-state index contributed by atoms with van der Waals surface area (Å²) < 4.78 is 5.70. The maximum absolute atomic E-state index is 13.0. The first-order chi connectivity index (χ1) is 10.6. The van der Waals surface area contributed by atoms with Gasteiger partial charge in [0.15, 0.2) is 0 Å². The second-order valence-corrected chi connectivity index (χ2v) is 6.61. The third kappa shape index (κ3) is 3.18. The van der Waals surface area contributed by atoms with Gasteiger partial charge in [0.1, 0.15) is 4.88 Å². The molecule has 0 bridgehead atoms. The fourth-order valence-corrected chi connectivity index (χ4v) is 3.54.